The monoisotopic (exact) mass is 424 g/mol. The molecule has 0 aromatic rings. The Labute approximate surface area is 174 Å². The molecular weight excluding hydrogens is 396 g/mol. The van der Waals surface area contributed by atoms with Crippen molar-refractivity contribution in [3.05, 3.63) is 0 Å². The van der Waals surface area contributed by atoms with Crippen LogP contribution in [0.3, 0.4) is 0 Å². The van der Waals surface area contributed by atoms with Gasteiger partial charge in [-0.2, -0.15) is 0 Å². The molecule has 2 atom stereocenters. The number of ketones is 2. The van der Waals surface area contributed by atoms with Crippen molar-refractivity contribution in [1.82, 2.24) is 9.80 Å². The summed E-state index contributed by atoms with van der Waals surface area (Å²) in [6.07, 6.45) is 2.79. The van der Waals surface area contributed by atoms with Gasteiger partial charge in [0.15, 0.2) is 0 Å². The lowest BCUT2D eigenvalue weighted by Crippen LogP contribution is -2.29. The summed E-state index contributed by atoms with van der Waals surface area (Å²) in [5.41, 5.74) is 0. The third-order valence-corrected chi connectivity index (χ3v) is 5.18. The van der Waals surface area contributed by atoms with E-state index in [0.717, 1.165) is 12.8 Å². The van der Waals surface area contributed by atoms with Gasteiger partial charge in [0.1, 0.15) is 11.8 Å². The van der Waals surface area contributed by atoms with E-state index in [1.807, 2.05) is 0 Å². The highest BCUT2D eigenvalue weighted by Gasteiger charge is 2.44. The van der Waals surface area contributed by atoms with E-state index >= 15 is 0 Å². The lowest BCUT2D eigenvalue weighted by atomic mass is 10.1. The Hall–Kier alpha value is -2.78. The highest BCUT2D eigenvalue weighted by Crippen LogP contribution is 2.19. The smallest absolute Gasteiger partial charge is 0.318 e. The first kappa shape index (κ1) is 23.5. The van der Waals surface area contributed by atoms with Crippen molar-refractivity contribution < 1.29 is 38.2 Å². The molecule has 0 radical (unpaired) electrons. The van der Waals surface area contributed by atoms with E-state index in [-0.39, 0.29) is 26.3 Å². The molecule has 166 valence electrons. The maximum atomic E-state index is 12.0. The number of likely N-dealkylation sites (tertiary alicyclic amines) is 2. The van der Waals surface area contributed by atoms with Crippen LogP contribution in [0, 0.1) is 11.8 Å². The fourth-order valence-electron chi connectivity index (χ4n) is 3.58. The van der Waals surface area contributed by atoms with Crippen LogP contribution >= 0.6 is 0 Å². The number of esters is 2. The molecule has 0 saturated carbocycles. The van der Waals surface area contributed by atoms with E-state index in [0.29, 0.717) is 25.9 Å². The third kappa shape index (κ3) is 5.43. The second-order valence-electron chi connectivity index (χ2n) is 7.25. The molecule has 2 aliphatic rings. The van der Waals surface area contributed by atoms with E-state index in [9.17, 15) is 28.8 Å². The molecule has 0 aromatic carbocycles. The summed E-state index contributed by atoms with van der Waals surface area (Å²) in [6.45, 7) is 4.43. The predicted octanol–water partition coefficient (Wildman–Crippen LogP) is -0.272. The molecular formula is C20H28N2O8. The molecule has 2 aliphatic heterocycles. The lowest BCUT2D eigenvalue weighted by Gasteiger charge is -2.16. The zero-order valence-corrected chi connectivity index (χ0v) is 17.4. The summed E-state index contributed by atoms with van der Waals surface area (Å²) in [6, 6.07) is 0. The predicted molar refractivity (Wildman–Crippen MR) is 102 cm³/mol. The molecule has 0 bridgehead atoms. The SMILES string of the molecule is CCOC(=O)[C@@H]1CN(CCCCCCN2C[C@@H](C(=O)OCC)C(=O)C2=O)C(=O)C1=O. The molecule has 10 heteroatoms. The number of Topliss-reactive ketones (excluding diaryl/α,β-unsaturated/α-hetero) is 2. The largest absolute Gasteiger partial charge is 0.465 e. The Morgan fingerprint density at radius 3 is 1.43 bits per heavy atom. The van der Waals surface area contributed by atoms with Gasteiger partial charge in [-0.15, -0.1) is 0 Å². The standard InChI is InChI=1S/C20H28N2O8/c1-3-29-19(27)13-11-21(17(25)15(13)23)9-7-5-6-8-10-22-12-14(16(24)18(22)26)20(28)30-4-2/h13-14H,3-12H2,1-2H3/t13-,14-/m1/s1. The number of ether oxygens (including phenoxy) is 2. The first-order chi connectivity index (χ1) is 14.3. The summed E-state index contributed by atoms with van der Waals surface area (Å²) in [7, 11) is 0. The van der Waals surface area contributed by atoms with Crippen molar-refractivity contribution in [2.45, 2.75) is 39.5 Å². The quantitative estimate of drug-likeness (QED) is 0.192. The van der Waals surface area contributed by atoms with Crippen molar-refractivity contribution in [1.29, 1.82) is 0 Å². The molecule has 30 heavy (non-hydrogen) atoms. The maximum absolute atomic E-state index is 12.0. The van der Waals surface area contributed by atoms with Crippen molar-refractivity contribution in [2.24, 2.45) is 11.8 Å². The number of unbranched alkanes of at least 4 members (excludes halogenated alkanes) is 3. The molecule has 2 heterocycles. The zero-order chi connectivity index (χ0) is 22.3. The molecule has 0 aromatic heterocycles. The minimum absolute atomic E-state index is 0.0517. The summed E-state index contributed by atoms with van der Waals surface area (Å²) >= 11 is 0. The molecule has 0 aliphatic carbocycles. The molecule has 2 fully saturated rings. The number of carbonyl (C=O) groups is 6. The molecule has 0 unspecified atom stereocenters. The van der Waals surface area contributed by atoms with E-state index in [1.165, 1.54) is 9.80 Å². The average molecular weight is 424 g/mol. The van der Waals surface area contributed by atoms with Gasteiger partial charge in [0.25, 0.3) is 11.8 Å². The van der Waals surface area contributed by atoms with Crippen molar-refractivity contribution in [3.63, 3.8) is 0 Å². The maximum Gasteiger partial charge on any atom is 0.318 e. The minimum atomic E-state index is -1.04. The third-order valence-electron chi connectivity index (χ3n) is 5.18. The molecule has 10 nitrogen and oxygen atoms in total. The van der Waals surface area contributed by atoms with Crippen LogP contribution < -0.4 is 0 Å². The van der Waals surface area contributed by atoms with Crippen LogP contribution in [0.1, 0.15) is 39.5 Å². The second-order valence-corrected chi connectivity index (χ2v) is 7.25. The second kappa shape index (κ2) is 10.8. The van der Waals surface area contributed by atoms with E-state index in [4.69, 9.17) is 9.47 Å². The molecule has 0 spiro atoms. The number of carbonyl (C=O) groups excluding carboxylic acids is 6. The summed E-state index contributed by atoms with van der Waals surface area (Å²) in [5, 5.41) is 0. The fourth-order valence-corrected chi connectivity index (χ4v) is 3.58. The van der Waals surface area contributed by atoms with Gasteiger partial charge in [-0.1, -0.05) is 12.8 Å². The van der Waals surface area contributed by atoms with Gasteiger partial charge in [-0.25, -0.2) is 0 Å². The molecule has 2 amide bonds. The van der Waals surface area contributed by atoms with Gasteiger partial charge in [-0.05, 0) is 26.7 Å². The molecule has 0 N–H and O–H groups in total. The highest BCUT2D eigenvalue weighted by atomic mass is 16.5. The van der Waals surface area contributed by atoms with E-state index in [2.05, 4.69) is 0 Å². The summed E-state index contributed by atoms with van der Waals surface area (Å²) in [5.74, 6) is -6.15. The van der Waals surface area contributed by atoms with Crippen LogP contribution in [-0.2, 0) is 38.2 Å². The van der Waals surface area contributed by atoms with Crippen LogP contribution in [0.15, 0.2) is 0 Å². The van der Waals surface area contributed by atoms with Gasteiger partial charge < -0.3 is 19.3 Å². The van der Waals surface area contributed by atoms with Crippen LogP contribution in [0.2, 0.25) is 0 Å². The van der Waals surface area contributed by atoms with Crippen molar-refractivity contribution in [2.75, 3.05) is 39.4 Å². The van der Waals surface area contributed by atoms with Gasteiger partial charge >= 0.3 is 11.9 Å². The highest BCUT2D eigenvalue weighted by molar-refractivity contribution is 6.42. The first-order valence-electron chi connectivity index (χ1n) is 10.3. The number of hydrogen-bond acceptors (Lipinski definition) is 8. The Bertz CT molecular complexity index is 660. The van der Waals surface area contributed by atoms with Gasteiger partial charge in [0.05, 0.1) is 13.2 Å². The Morgan fingerprint density at radius 2 is 1.10 bits per heavy atom. The van der Waals surface area contributed by atoms with Crippen LogP contribution in [0.4, 0.5) is 0 Å². The number of rotatable bonds is 11. The van der Waals surface area contributed by atoms with Gasteiger partial charge in [0, 0.05) is 26.2 Å². The summed E-state index contributed by atoms with van der Waals surface area (Å²) in [4.78, 5) is 73.9. The van der Waals surface area contributed by atoms with Crippen LogP contribution in [-0.4, -0.2) is 84.5 Å². The number of amides is 2. The van der Waals surface area contributed by atoms with Crippen molar-refractivity contribution in [3.8, 4) is 0 Å². The van der Waals surface area contributed by atoms with E-state index in [1.54, 1.807) is 13.8 Å². The minimum Gasteiger partial charge on any atom is -0.465 e. The Kier molecular flexibility index (Phi) is 8.49. The normalized spacial score (nSPS) is 21.5. The molecule has 2 saturated heterocycles. The average Bonchev–Trinajstić information content (AvgIpc) is 3.16. The molecule has 2 rings (SSSR count). The summed E-state index contributed by atoms with van der Waals surface area (Å²) < 4.78 is 9.66. The Morgan fingerprint density at radius 1 is 0.733 bits per heavy atom. The van der Waals surface area contributed by atoms with Crippen LogP contribution in [0.25, 0.3) is 0 Å². The number of nitrogens with zero attached hydrogens (tertiary/aromatic N) is 2. The zero-order valence-electron chi connectivity index (χ0n) is 17.4. The lowest BCUT2D eigenvalue weighted by molar-refractivity contribution is -0.152. The van der Waals surface area contributed by atoms with Crippen LogP contribution in [0.5, 0.6) is 0 Å². The van der Waals surface area contributed by atoms with E-state index < -0.39 is 47.2 Å². The first-order valence-corrected chi connectivity index (χ1v) is 10.3. The number of hydrogen-bond donors (Lipinski definition) is 0. The van der Waals surface area contributed by atoms with Crippen molar-refractivity contribution >= 4 is 35.3 Å². The fraction of sp³-hybridized carbons (Fsp3) is 0.700. The van der Waals surface area contributed by atoms with Gasteiger partial charge in [-0.3, -0.25) is 28.8 Å². The Balaban J connectivity index is 1.67. The van der Waals surface area contributed by atoms with Gasteiger partial charge in [0.2, 0.25) is 11.6 Å². The topological polar surface area (TPSA) is 127 Å².